The van der Waals surface area contributed by atoms with Crippen molar-refractivity contribution in [2.24, 2.45) is 0 Å². The molecule has 54 heavy (non-hydrogen) atoms. The molecule has 2 heteroatoms. The van der Waals surface area contributed by atoms with Gasteiger partial charge < -0.3 is 9.32 Å². The maximum atomic E-state index is 6.63. The second-order valence-corrected chi connectivity index (χ2v) is 16.1. The van der Waals surface area contributed by atoms with Crippen molar-refractivity contribution >= 4 is 49.8 Å². The summed E-state index contributed by atoms with van der Waals surface area (Å²) < 4.78 is 6.63. The maximum absolute atomic E-state index is 6.63. The van der Waals surface area contributed by atoms with Crippen LogP contribution < -0.4 is 4.90 Å². The van der Waals surface area contributed by atoms with E-state index in [0.29, 0.717) is 0 Å². The minimum Gasteiger partial charge on any atom is -0.455 e. The summed E-state index contributed by atoms with van der Waals surface area (Å²) in [5, 5.41) is 4.69. The molecule has 0 unspecified atom stereocenters. The Morgan fingerprint density at radius 1 is 0.407 bits per heavy atom. The van der Waals surface area contributed by atoms with Crippen molar-refractivity contribution in [1.82, 2.24) is 0 Å². The Balaban J connectivity index is 1.11. The third-order valence-corrected chi connectivity index (χ3v) is 12.5. The fraction of sp³-hybridized carbons (Fsp3) is 0.115. The molecule has 11 rings (SSSR count). The number of hydrogen-bond acceptors (Lipinski definition) is 2. The topological polar surface area (TPSA) is 16.4 Å². The Bertz CT molecular complexity index is 2890. The molecule has 0 radical (unpaired) electrons. The number of rotatable bonds is 4. The molecule has 1 aromatic heterocycles. The van der Waals surface area contributed by atoms with Crippen molar-refractivity contribution in [3.8, 4) is 33.4 Å². The van der Waals surface area contributed by atoms with Crippen molar-refractivity contribution in [2.45, 2.75) is 38.5 Å². The van der Waals surface area contributed by atoms with Crippen molar-refractivity contribution in [1.29, 1.82) is 0 Å². The molecule has 0 N–H and O–H groups in total. The Morgan fingerprint density at radius 3 is 1.54 bits per heavy atom. The van der Waals surface area contributed by atoms with Crippen LogP contribution in [0.5, 0.6) is 0 Å². The zero-order chi connectivity index (χ0) is 36.3. The first-order chi connectivity index (χ1) is 26.3. The van der Waals surface area contributed by atoms with Crippen LogP contribution in [0.3, 0.4) is 0 Å². The minimum atomic E-state index is -0.0553. The lowest BCUT2D eigenvalue weighted by Gasteiger charge is -2.28. The third-order valence-electron chi connectivity index (χ3n) is 12.5. The molecule has 9 aromatic rings. The highest BCUT2D eigenvalue weighted by Gasteiger charge is 2.37. The van der Waals surface area contributed by atoms with E-state index in [1.165, 1.54) is 55.3 Å². The molecule has 0 bridgehead atoms. The lowest BCUT2D eigenvalue weighted by molar-refractivity contribution is 0.660. The molecule has 258 valence electrons. The highest BCUT2D eigenvalue weighted by molar-refractivity contribution is 6.18. The van der Waals surface area contributed by atoms with Crippen LogP contribution in [0.15, 0.2) is 168 Å². The van der Waals surface area contributed by atoms with Gasteiger partial charge in [-0.3, -0.25) is 0 Å². The van der Waals surface area contributed by atoms with Crippen LogP contribution in [-0.4, -0.2) is 0 Å². The van der Waals surface area contributed by atoms with Gasteiger partial charge in [-0.15, -0.1) is 0 Å². The van der Waals surface area contributed by atoms with Crippen molar-refractivity contribution < 1.29 is 4.42 Å². The van der Waals surface area contributed by atoms with E-state index in [9.17, 15) is 0 Å². The molecule has 2 aliphatic rings. The maximum Gasteiger partial charge on any atom is 0.143 e. The van der Waals surface area contributed by atoms with Crippen LogP contribution in [0.1, 0.15) is 49.9 Å². The van der Waals surface area contributed by atoms with Gasteiger partial charge in [0.05, 0.1) is 0 Å². The van der Waals surface area contributed by atoms with E-state index >= 15 is 0 Å². The molecule has 2 aliphatic carbocycles. The summed E-state index contributed by atoms with van der Waals surface area (Å²) in [4.78, 5) is 2.44. The first-order valence-corrected chi connectivity index (χ1v) is 19.0. The predicted octanol–water partition coefficient (Wildman–Crippen LogP) is 14.5. The molecule has 1 heterocycles. The summed E-state index contributed by atoms with van der Waals surface area (Å²) in [7, 11) is 0. The van der Waals surface area contributed by atoms with Gasteiger partial charge in [0.25, 0.3) is 0 Å². The van der Waals surface area contributed by atoms with Crippen LogP contribution in [-0.2, 0) is 10.8 Å². The Labute approximate surface area is 315 Å². The van der Waals surface area contributed by atoms with E-state index in [1.54, 1.807) is 0 Å². The van der Waals surface area contributed by atoms with Crippen LogP contribution in [0, 0.1) is 0 Å². The van der Waals surface area contributed by atoms with E-state index in [-0.39, 0.29) is 10.8 Å². The van der Waals surface area contributed by atoms with E-state index in [0.717, 1.165) is 50.1 Å². The monoisotopic (exact) mass is 693 g/mol. The predicted molar refractivity (Wildman–Crippen MR) is 226 cm³/mol. The highest BCUT2D eigenvalue weighted by atomic mass is 16.3. The zero-order valence-electron chi connectivity index (χ0n) is 30.9. The standard InChI is InChI=1S/C52H39NO/c1-51(2)44-18-10-7-15-38(44)41-30-35(25-27-46(41)51)53(36-26-28-47-42(31-36)39-16-8-11-19-45(39)52(47,3)4)34-23-21-32(22-24-34)49-37-14-6-5-13-33(37)29-43-40-17-9-12-20-48(40)54-50(43)49/h5-31H,1-4H3. The van der Waals surface area contributed by atoms with E-state index < -0.39 is 0 Å². The lowest BCUT2D eigenvalue weighted by Crippen LogP contribution is -2.16. The molecule has 0 saturated heterocycles. The van der Waals surface area contributed by atoms with E-state index in [1.807, 2.05) is 6.07 Å². The van der Waals surface area contributed by atoms with Crippen molar-refractivity contribution in [2.75, 3.05) is 4.90 Å². The van der Waals surface area contributed by atoms with Crippen LogP contribution in [0.4, 0.5) is 17.1 Å². The normalized spacial score (nSPS) is 14.6. The van der Waals surface area contributed by atoms with Gasteiger partial charge in [-0.2, -0.15) is 0 Å². The largest absolute Gasteiger partial charge is 0.455 e. The number of anilines is 3. The summed E-state index contributed by atoms with van der Waals surface area (Å²) in [6, 6.07) is 60.4. The Morgan fingerprint density at radius 2 is 0.907 bits per heavy atom. The Hall–Kier alpha value is -6.38. The molecular formula is C52H39NO. The number of para-hydroxylation sites is 1. The molecular weight excluding hydrogens is 655 g/mol. The Kier molecular flexibility index (Phi) is 6.39. The fourth-order valence-electron chi connectivity index (χ4n) is 9.73. The molecule has 0 spiro atoms. The van der Waals surface area contributed by atoms with Gasteiger partial charge in [-0.1, -0.05) is 143 Å². The van der Waals surface area contributed by atoms with Gasteiger partial charge >= 0.3 is 0 Å². The van der Waals surface area contributed by atoms with Gasteiger partial charge in [-0.25, -0.2) is 0 Å². The number of benzene rings is 8. The van der Waals surface area contributed by atoms with Gasteiger partial charge in [0.2, 0.25) is 0 Å². The van der Waals surface area contributed by atoms with Gasteiger partial charge in [0.15, 0.2) is 0 Å². The summed E-state index contributed by atoms with van der Waals surface area (Å²) in [5.41, 5.74) is 18.2. The average molecular weight is 694 g/mol. The molecule has 8 aromatic carbocycles. The van der Waals surface area contributed by atoms with E-state index in [4.69, 9.17) is 4.42 Å². The smallest absolute Gasteiger partial charge is 0.143 e. The SMILES string of the molecule is CC1(C)c2ccccc2-c2cc(N(c3ccc(-c4c5ccccc5cc5c4oc4ccccc45)cc3)c3ccc4c(c3)-c3ccccc3C4(C)C)ccc21. The number of hydrogen-bond donors (Lipinski definition) is 0. The first kappa shape index (κ1) is 31.2. The zero-order valence-corrected chi connectivity index (χ0v) is 30.9. The second kappa shape index (κ2) is 11.1. The summed E-state index contributed by atoms with van der Waals surface area (Å²) >= 11 is 0. The van der Waals surface area contributed by atoms with Crippen LogP contribution >= 0.6 is 0 Å². The summed E-state index contributed by atoms with van der Waals surface area (Å²) in [5.74, 6) is 0. The summed E-state index contributed by atoms with van der Waals surface area (Å²) in [6.45, 7) is 9.39. The van der Waals surface area contributed by atoms with Crippen LogP contribution in [0.25, 0.3) is 66.1 Å². The first-order valence-electron chi connectivity index (χ1n) is 19.0. The molecule has 0 aliphatic heterocycles. The number of furan rings is 1. The fourth-order valence-corrected chi connectivity index (χ4v) is 9.73. The molecule has 2 nitrogen and oxygen atoms in total. The number of nitrogens with zero attached hydrogens (tertiary/aromatic N) is 1. The minimum absolute atomic E-state index is 0.0553. The average Bonchev–Trinajstić information content (AvgIpc) is 3.77. The van der Waals surface area contributed by atoms with Gasteiger partial charge in [0.1, 0.15) is 11.2 Å². The third kappa shape index (κ3) is 4.28. The van der Waals surface area contributed by atoms with Crippen molar-refractivity contribution in [3.63, 3.8) is 0 Å². The molecule has 0 amide bonds. The molecule has 0 fully saturated rings. The summed E-state index contributed by atoms with van der Waals surface area (Å²) in [6.07, 6.45) is 0. The molecule has 0 atom stereocenters. The van der Waals surface area contributed by atoms with Crippen molar-refractivity contribution in [3.05, 3.63) is 186 Å². The van der Waals surface area contributed by atoms with Gasteiger partial charge in [0, 0.05) is 44.2 Å². The number of fused-ring (bicyclic) bond motifs is 10. The van der Waals surface area contributed by atoms with Gasteiger partial charge in [-0.05, 0) is 109 Å². The second-order valence-electron chi connectivity index (χ2n) is 16.1. The lowest BCUT2D eigenvalue weighted by atomic mass is 9.82. The molecule has 0 saturated carbocycles. The van der Waals surface area contributed by atoms with Crippen LogP contribution in [0.2, 0.25) is 0 Å². The quantitative estimate of drug-likeness (QED) is 0.182. The highest BCUT2D eigenvalue weighted by Crippen LogP contribution is 2.53. The van der Waals surface area contributed by atoms with E-state index in [2.05, 4.69) is 190 Å².